The molecule has 0 aliphatic carbocycles. The summed E-state index contributed by atoms with van der Waals surface area (Å²) in [5, 5.41) is 5.11. The molecule has 27 heavy (non-hydrogen) atoms. The van der Waals surface area contributed by atoms with Crippen LogP contribution in [0.5, 0.6) is 0 Å². The lowest BCUT2D eigenvalue weighted by Crippen LogP contribution is -2.14. The van der Waals surface area contributed by atoms with Crippen LogP contribution in [-0.4, -0.2) is 21.6 Å². The SMILES string of the molecule is O=C(CSc1ncnc2sc(-c3ccccc3)cc12)Nc1ccccc1Cl. The van der Waals surface area contributed by atoms with Crippen molar-refractivity contribution >= 4 is 56.5 Å². The van der Waals surface area contributed by atoms with Crippen molar-refractivity contribution in [1.29, 1.82) is 0 Å². The Balaban J connectivity index is 1.51. The minimum Gasteiger partial charge on any atom is -0.324 e. The van der Waals surface area contributed by atoms with Crippen LogP contribution in [0.1, 0.15) is 0 Å². The number of fused-ring (bicyclic) bond motifs is 1. The lowest BCUT2D eigenvalue weighted by molar-refractivity contribution is -0.113. The van der Waals surface area contributed by atoms with Crippen LogP contribution in [0.4, 0.5) is 5.69 Å². The number of thioether (sulfide) groups is 1. The van der Waals surface area contributed by atoms with Crippen molar-refractivity contribution in [2.45, 2.75) is 5.03 Å². The first-order valence-electron chi connectivity index (χ1n) is 8.18. The van der Waals surface area contributed by atoms with Gasteiger partial charge in [0.2, 0.25) is 5.91 Å². The standard InChI is InChI=1S/C20H14ClN3OS2/c21-15-8-4-5-9-16(15)24-18(25)11-26-19-14-10-17(13-6-2-1-3-7-13)27-20(14)23-12-22-19/h1-10,12H,11H2,(H,24,25). The fourth-order valence-corrected chi connectivity index (χ4v) is 4.60. The topological polar surface area (TPSA) is 54.9 Å². The minimum absolute atomic E-state index is 0.127. The average molecular weight is 412 g/mol. The van der Waals surface area contributed by atoms with Gasteiger partial charge in [0.25, 0.3) is 0 Å². The molecule has 0 saturated heterocycles. The molecule has 4 nitrogen and oxygen atoms in total. The fourth-order valence-electron chi connectivity index (χ4n) is 2.58. The molecule has 0 fully saturated rings. The van der Waals surface area contributed by atoms with Crippen LogP contribution in [0, 0.1) is 0 Å². The summed E-state index contributed by atoms with van der Waals surface area (Å²) in [4.78, 5) is 23.1. The summed E-state index contributed by atoms with van der Waals surface area (Å²) in [6.45, 7) is 0. The first-order chi connectivity index (χ1) is 13.2. The van der Waals surface area contributed by atoms with Crippen LogP contribution in [0.3, 0.4) is 0 Å². The highest BCUT2D eigenvalue weighted by Gasteiger charge is 2.12. The van der Waals surface area contributed by atoms with Crippen LogP contribution in [-0.2, 0) is 4.79 Å². The Bertz CT molecular complexity index is 1100. The Hall–Kier alpha value is -2.41. The lowest BCUT2D eigenvalue weighted by Gasteiger charge is -2.06. The molecule has 2 heterocycles. The zero-order valence-electron chi connectivity index (χ0n) is 14.1. The third-order valence-corrected chi connectivity index (χ3v) is 6.27. The van der Waals surface area contributed by atoms with Crippen LogP contribution in [0.15, 0.2) is 72.0 Å². The van der Waals surface area contributed by atoms with Crippen LogP contribution >= 0.6 is 34.7 Å². The number of amides is 1. The zero-order valence-corrected chi connectivity index (χ0v) is 16.4. The van der Waals surface area contributed by atoms with Gasteiger partial charge in [0.1, 0.15) is 16.2 Å². The number of halogens is 1. The molecule has 7 heteroatoms. The number of hydrogen-bond donors (Lipinski definition) is 1. The summed E-state index contributed by atoms with van der Waals surface area (Å²) in [6, 6.07) is 19.4. The number of rotatable bonds is 5. The molecular formula is C20H14ClN3OS2. The first-order valence-corrected chi connectivity index (χ1v) is 10.4. The quantitative estimate of drug-likeness (QED) is 0.336. The maximum absolute atomic E-state index is 12.3. The van der Waals surface area contributed by atoms with Crippen LogP contribution in [0.25, 0.3) is 20.7 Å². The number of thiophene rings is 1. The van der Waals surface area contributed by atoms with Gasteiger partial charge in [0.15, 0.2) is 0 Å². The van der Waals surface area contributed by atoms with E-state index in [9.17, 15) is 4.79 Å². The highest BCUT2D eigenvalue weighted by molar-refractivity contribution is 8.00. The molecule has 2 aromatic heterocycles. The van der Waals surface area contributed by atoms with E-state index in [1.165, 1.54) is 11.8 Å². The lowest BCUT2D eigenvalue weighted by atomic mass is 10.2. The van der Waals surface area contributed by atoms with Crippen molar-refractivity contribution in [3.63, 3.8) is 0 Å². The number of benzene rings is 2. The summed E-state index contributed by atoms with van der Waals surface area (Å²) >= 11 is 9.10. The molecule has 4 rings (SSSR count). The van der Waals surface area contributed by atoms with Gasteiger partial charge in [-0.05, 0) is 23.8 Å². The third-order valence-electron chi connectivity index (χ3n) is 3.84. The Labute approximate surface area is 169 Å². The van der Waals surface area contributed by atoms with Crippen molar-refractivity contribution < 1.29 is 4.79 Å². The molecule has 0 saturated carbocycles. The monoisotopic (exact) mass is 411 g/mol. The molecule has 0 atom stereocenters. The average Bonchev–Trinajstić information content (AvgIpc) is 3.14. The van der Waals surface area contributed by atoms with Gasteiger partial charge in [0, 0.05) is 10.3 Å². The van der Waals surface area contributed by atoms with Crippen molar-refractivity contribution in [3.8, 4) is 10.4 Å². The summed E-state index contributed by atoms with van der Waals surface area (Å²) in [5.74, 6) is 0.117. The Kier molecular flexibility index (Phi) is 5.38. The van der Waals surface area contributed by atoms with Crippen molar-refractivity contribution in [2.75, 3.05) is 11.1 Å². The van der Waals surface area contributed by atoms with E-state index in [2.05, 4.69) is 33.5 Å². The number of carbonyl (C=O) groups excluding carboxylic acids is 1. The van der Waals surface area contributed by atoms with Crippen molar-refractivity contribution in [1.82, 2.24) is 9.97 Å². The largest absolute Gasteiger partial charge is 0.324 e. The van der Waals surface area contributed by atoms with Gasteiger partial charge >= 0.3 is 0 Å². The number of nitrogens with one attached hydrogen (secondary N) is 1. The van der Waals surface area contributed by atoms with Crippen LogP contribution in [0.2, 0.25) is 5.02 Å². The molecule has 0 spiro atoms. The number of carbonyl (C=O) groups is 1. The molecule has 0 aliphatic rings. The molecule has 0 radical (unpaired) electrons. The highest BCUT2D eigenvalue weighted by atomic mass is 35.5. The van der Waals surface area contributed by atoms with Gasteiger partial charge in [-0.3, -0.25) is 4.79 Å². The molecule has 4 aromatic rings. The summed E-state index contributed by atoms with van der Waals surface area (Å²) in [7, 11) is 0. The molecular weight excluding hydrogens is 398 g/mol. The number of anilines is 1. The van der Waals surface area contributed by atoms with E-state index in [4.69, 9.17) is 11.6 Å². The summed E-state index contributed by atoms with van der Waals surface area (Å²) < 4.78 is 0. The van der Waals surface area contributed by atoms with E-state index in [0.29, 0.717) is 10.7 Å². The Morgan fingerprint density at radius 3 is 2.67 bits per heavy atom. The van der Waals surface area contributed by atoms with Crippen molar-refractivity contribution in [3.05, 3.63) is 72.0 Å². The van der Waals surface area contributed by atoms with E-state index < -0.39 is 0 Å². The number of aromatic nitrogens is 2. The third kappa shape index (κ3) is 4.13. The van der Waals surface area contributed by atoms with Gasteiger partial charge in [-0.1, -0.05) is 65.8 Å². The second-order valence-electron chi connectivity index (χ2n) is 5.69. The van der Waals surface area contributed by atoms with E-state index in [-0.39, 0.29) is 11.7 Å². The highest BCUT2D eigenvalue weighted by Crippen LogP contribution is 2.36. The maximum Gasteiger partial charge on any atom is 0.234 e. The van der Waals surface area contributed by atoms with Crippen LogP contribution < -0.4 is 5.32 Å². The molecule has 134 valence electrons. The normalized spacial score (nSPS) is 10.9. The molecule has 1 amide bonds. The summed E-state index contributed by atoms with van der Waals surface area (Å²) in [6.07, 6.45) is 1.54. The van der Waals surface area contributed by atoms with Crippen molar-refractivity contribution in [2.24, 2.45) is 0 Å². The molecule has 2 aromatic carbocycles. The number of nitrogens with zero attached hydrogens (tertiary/aromatic N) is 2. The van der Waals surface area contributed by atoms with Gasteiger partial charge in [-0.15, -0.1) is 11.3 Å². The fraction of sp³-hybridized carbons (Fsp3) is 0.0500. The predicted octanol–water partition coefficient (Wildman–Crippen LogP) is 5.74. The smallest absolute Gasteiger partial charge is 0.234 e. The summed E-state index contributed by atoms with van der Waals surface area (Å²) in [5.41, 5.74) is 1.76. The Morgan fingerprint density at radius 2 is 1.85 bits per heavy atom. The molecule has 0 bridgehead atoms. The van der Waals surface area contributed by atoms with Gasteiger partial charge in [-0.2, -0.15) is 0 Å². The molecule has 1 N–H and O–H groups in total. The minimum atomic E-state index is -0.127. The maximum atomic E-state index is 12.3. The van der Waals surface area contributed by atoms with E-state index in [0.717, 1.165) is 25.7 Å². The van der Waals surface area contributed by atoms with E-state index >= 15 is 0 Å². The Morgan fingerprint density at radius 1 is 1.07 bits per heavy atom. The predicted molar refractivity (Wildman–Crippen MR) is 114 cm³/mol. The van der Waals surface area contributed by atoms with Gasteiger partial charge < -0.3 is 5.32 Å². The molecule has 0 aliphatic heterocycles. The number of para-hydroxylation sites is 1. The van der Waals surface area contributed by atoms with E-state index in [1.807, 2.05) is 30.3 Å². The number of hydrogen-bond acceptors (Lipinski definition) is 5. The second kappa shape index (κ2) is 8.08. The zero-order chi connectivity index (χ0) is 18.6. The second-order valence-corrected chi connectivity index (χ2v) is 8.09. The van der Waals surface area contributed by atoms with Gasteiger partial charge in [0.05, 0.1) is 16.5 Å². The molecule has 0 unspecified atom stereocenters. The first kappa shape index (κ1) is 18.0. The van der Waals surface area contributed by atoms with Gasteiger partial charge in [-0.25, -0.2) is 9.97 Å². The van der Waals surface area contributed by atoms with E-state index in [1.54, 1.807) is 29.8 Å².